The molecular weight excluding hydrogens is 230 g/mol. The summed E-state index contributed by atoms with van der Waals surface area (Å²) in [5.74, 6) is -0.947. The van der Waals surface area contributed by atoms with Gasteiger partial charge in [-0.15, -0.1) is 0 Å². The highest BCUT2D eigenvalue weighted by atomic mass is 16.4. The summed E-state index contributed by atoms with van der Waals surface area (Å²) >= 11 is 0. The molecule has 1 saturated carbocycles. The lowest BCUT2D eigenvalue weighted by molar-refractivity contribution is -0.136. The topological polar surface area (TPSA) is 59.3 Å². The van der Waals surface area contributed by atoms with Crippen LogP contribution in [-0.4, -0.2) is 15.6 Å². The summed E-state index contributed by atoms with van der Waals surface area (Å²) in [6.07, 6.45) is 4.17. The maximum atomic E-state index is 12.4. The fourth-order valence-electron chi connectivity index (χ4n) is 2.93. The zero-order chi connectivity index (χ0) is 13.3. The van der Waals surface area contributed by atoms with E-state index >= 15 is 0 Å². The predicted molar refractivity (Wildman–Crippen MR) is 69.0 cm³/mol. The van der Waals surface area contributed by atoms with Crippen LogP contribution in [0.5, 0.6) is 0 Å². The fraction of sp³-hybridized carbons (Fsp3) is 0.571. The van der Waals surface area contributed by atoms with Gasteiger partial charge in [0.15, 0.2) is 0 Å². The Labute approximate surface area is 106 Å². The molecule has 0 saturated heterocycles. The zero-order valence-electron chi connectivity index (χ0n) is 10.9. The van der Waals surface area contributed by atoms with E-state index < -0.39 is 5.97 Å². The third-order valence-corrected chi connectivity index (χ3v) is 3.78. The summed E-state index contributed by atoms with van der Waals surface area (Å²) in [6.45, 7) is 3.74. The smallest absolute Gasteiger partial charge is 0.308 e. The first-order valence-corrected chi connectivity index (χ1v) is 6.44. The van der Waals surface area contributed by atoms with Gasteiger partial charge >= 0.3 is 5.97 Å². The molecule has 4 nitrogen and oxygen atoms in total. The average Bonchev–Trinajstić information content (AvgIpc) is 2.77. The van der Waals surface area contributed by atoms with Gasteiger partial charge in [-0.05, 0) is 38.3 Å². The summed E-state index contributed by atoms with van der Waals surface area (Å²) in [7, 11) is 0. The highest BCUT2D eigenvalue weighted by Gasteiger charge is 2.22. The van der Waals surface area contributed by atoms with Gasteiger partial charge in [0, 0.05) is 17.3 Å². The molecule has 1 heterocycles. The van der Waals surface area contributed by atoms with Crippen molar-refractivity contribution in [3.8, 4) is 0 Å². The van der Waals surface area contributed by atoms with E-state index in [-0.39, 0.29) is 18.0 Å². The van der Waals surface area contributed by atoms with Crippen molar-refractivity contribution in [3.05, 3.63) is 33.2 Å². The van der Waals surface area contributed by atoms with Crippen molar-refractivity contribution in [2.75, 3.05) is 0 Å². The van der Waals surface area contributed by atoms with Crippen LogP contribution in [0.1, 0.15) is 48.5 Å². The summed E-state index contributed by atoms with van der Waals surface area (Å²) in [5.41, 5.74) is 2.05. The number of aryl methyl sites for hydroxylation is 2. The SMILES string of the molecule is Cc1cc(C)n(C2CCCC2)c(=O)c1CC(=O)O. The average molecular weight is 249 g/mol. The van der Waals surface area contributed by atoms with Gasteiger partial charge in [0.2, 0.25) is 0 Å². The van der Waals surface area contributed by atoms with Crippen molar-refractivity contribution >= 4 is 5.97 Å². The number of hydrogen-bond acceptors (Lipinski definition) is 2. The number of carbonyl (C=O) groups is 1. The highest BCUT2D eigenvalue weighted by molar-refractivity contribution is 5.70. The molecule has 0 amide bonds. The monoisotopic (exact) mass is 249 g/mol. The van der Waals surface area contributed by atoms with E-state index in [2.05, 4.69) is 0 Å². The number of aliphatic carboxylic acids is 1. The molecule has 1 aliphatic carbocycles. The minimum absolute atomic E-state index is 0.109. The van der Waals surface area contributed by atoms with E-state index in [0.29, 0.717) is 5.56 Å². The fourth-order valence-corrected chi connectivity index (χ4v) is 2.93. The van der Waals surface area contributed by atoms with Crippen LogP contribution in [0, 0.1) is 13.8 Å². The van der Waals surface area contributed by atoms with Crippen molar-refractivity contribution in [3.63, 3.8) is 0 Å². The summed E-state index contributed by atoms with van der Waals surface area (Å²) in [4.78, 5) is 23.3. The van der Waals surface area contributed by atoms with Crippen molar-refractivity contribution in [1.29, 1.82) is 0 Å². The van der Waals surface area contributed by atoms with Crippen LogP contribution < -0.4 is 5.56 Å². The first-order chi connectivity index (χ1) is 8.50. The third-order valence-electron chi connectivity index (χ3n) is 3.78. The second-order valence-electron chi connectivity index (χ2n) is 5.13. The minimum Gasteiger partial charge on any atom is -0.481 e. The van der Waals surface area contributed by atoms with Gasteiger partial charge in [-0.25, -0.2) is 0 Å². The molecule has 4 heteroatoms. The minimum atomic E-state index is -0.947. The molecule has 1 aliphatic rings. The van der Waals surface area contributed by atoms with Gasteiger partial charge in [-0.2, -0.15) is 0 Å². The standard InChI is InChI=1S/C14H19NO3/c1-9-7-10(2)15(11-5-3-4-6-11)14(18)12(9)8-13(16)17/h7,11H,3-6,8H2,1-2H3,(H,16,17). The number of carboxylic acids is 1. The Morgan fingerprint density at radius 3 is 2.56 bits per heavy atom. The van der Waals surface area contributed by atoms with Gasteiger partial charge in [0.25, 0.3) is 5.56 Å². The molecule has 1 N–H and O–H groups in total. The third kappa shape index (κ3) is 2.33. The quantitative estimate of drug-likeness (QED) is 0.893. The lowest BCUT2D eigenvalue weighted by Gasteiger charge is -2.19. The first-order valence-electron chi connectivity index (χ1n) is 6.44. The Balaban J connectivity index is 2.52. The molecule has 98 valence electrons. The molecule has 18 heavy (non-hydrogen) atoms. The molecule has 0 aliphatic heterocycles. The molecule has 0 spiro atoms. The van der Waals surface area contributed by atoms with E-state index in [0.717, 1.165) is 36.9 Å². The van der Waals surface area contributed by atoms with Crippen LogP contribution in [0.15, 0.2) is 10.9 Å². The molecule has 1 fully saturated rings. The molecular formula is C14H19NO3. The number of rotatable bonds is 3. The summed E-state index contributed by atoms with van der Waals surface area (Å²) in [6, 6.07) is 2.18. The molecule has 0 atom stereocenters. The number of carboxylic acid groups (broad SMARTS) is 1. The maximum Gasteiger partial charge on any atom is 0.308 e. The lowest BCUT2D eigenvalue weighted by atomic mass is 10.1. The molecule has 0 unspecified atom stereocenters. The first kappa shape index (κ1) is 12.9. The highest BCUT2D eigenvalue weighted by Crippen LogP contribution is 2.29. The van der Waals surface area contributed by atoms with Crippen molar-refractivity contribution in [2.45, 2.75) is 52.0 Å². The molecule has 2 rings (SSSR count). The Bertz CT molecular complexity index is 525. The van der Waals surface area contributed by atoms with Gasteiger partial charge in [0.05, 0.1) is 6.42 Å². The zero-order valence-corrected chi connectivity index (χ0v) is 10.9. The number of hydrogen-bond donors (Lipinski definition) is 1. The van der Waals surface area contributed by atoms with Gasteiger partial charge in [0.1, 0.15) is 0 Å². The van der Waals surface area contributed by atoms with Crippen LogP contribution in [-0.2, 0) is 11.2 Å². The van der Waals surface area contributed by atoms with Crippen molar-refractivity contribution in [1.82, 2.24) is 4.57 Å². The lowest BCUT2D eigenvalue weighted by Crippen LogP contribution is -2.30. The maximum absolute atomic E-state index is 12.4. The summed E-state index contributed by atoms with van der Waals surface area (Å²) in [5, 5.41) is 8.89. The van der Waals surface area contributed by atoms with E-state index in [9.17, 15) is 9.59 Å². The van der Waals surface area contributed by atoms with Crippen LogP contribution in [0.2, 0.25) is 0 Å². The number of nitrogens with zero attached hydrogens (tertiary/aromatic N) is 1. The predicted octanol–water partition coefficient (Wildman–Crippen LogP) is 2.21. The van der Waals surface area contributed by atoms with E-state index in [4.69, 9.17) is 5.11 Å². The molecule has 1 aromatic rings. The van der Waals surface area contributed by atoms with Gasteiger partial charge in [-0.3, -0.25) is 9.59 Å². The Kier molecular flexibility index (Phi) is 3.55. The van der Waals surface area contributed by atoms with Gasteiger partial charge < -0.3 is 9.67 Å². The van der Waals surface area contributed by atoms with Crippen LogP contribution >= 0.6 is 0 Å². The Morgan fingerprint density at radius 1 is 1.39 bits per heavy atom. The Morgan fingerprint density at radius 2 is 2.00 bits per heavy atom. The molecule has 1 aromatic heterocycles. The normalized spacial score (nSPS) is 16.1. The van der Waals surface area contributed by atoms with Crippen molar-refractivity contribution in [2.24, 2.45) is 0 Å². The molecule has 0 bridgehead atoms. The van der Waals surface area contributed by atoms with E-state index in [1.165, 1.54) is 0 Å². The number of aromatic nitrogens is 1. The molecule has 0 aromatic carbocycles. The van der Waals surface area contributed by atoms with Gasteiger partial charge in [-0.1, -0.05) is 12.8 Å². The van der Waals surface area contributed by atoms with Crippen LogP contribution in [0.3, 0.4) is 0 Å². The van der Waals surface area contributed by atoms with E-state index in [1.54, 1.807) is 4.57 Å². The Hall–Kier alpha value is -1.58. The van der Waals surface area contributed by atoms with Crippen LogP contribution in [0.25, 0.3) is 0 Å². The molecule has 0 radical (unpaired) electrons. The largest absolute Gasteiger partial charge is 0.481 e. The number of pyridine rings is 1. The second-order valence-corrected chi connectivity index (χ2v) is 5.13. The second kappa shape index (κ2) is 4.96. The van der Waals surface area contributed by atoms with E-state index in [1.807, 2.05) is 19.9 Å². The van der Waals surface area contributed by atoms with Crippen LogP contribution in [0.4, 0.5) is 0 Å². The van der Waals surface area contributed by atoms with Crippen molar-refractivity contribution < 1.29 is 9.90 Å². The summed E-state index contributed by atoms with van der Waals surface area (Å²) < 4.78 is 1.80.